The van der Waals surface area contributed by atoms with Crippen LogP contribution in [0.4, 0.5) is 0 Å². The van der Waals surface area contributed by atoms with Gasteiger partial charge in [0.1, 0.15) is 0 Å². The maximum absolute atomic E-state index is 12.6. The van der Waals surface area contributed by atoms with Gasteiger partial charge in [0.15, 0.2) is 0 Å². The van der Waals surface area contributed by atoms with Crippen LogP contribution in [0.15, 0.2) is 18.3 Å². The fourth-order valence-corrected chi connectivity index (χ4v) is 2.79. The van der Waals surface area contributed by atoms with Gasteiger partial charge in [-0.2, -0.15) is 0 Å². The van der Waals surface area contributed by atoms with E-state index in [1.54, 1.807) is 12.3 Å². The molecule has 1 aromatic heterocycles. The van der Waals surface area contributed by atoms with Gasteiger partial charge in [0, 0.05) is 30.0 Å². The molecule has 1 saturated carbocycles. The fraction of sp³-hybridized carbons (Fsp3) is 0.600. The highest BCUT2D eigenvalue weighted by molar-refractivity contribution is 5.94. The van der Waals surface area contributed by atoms with E-state index in [0.29, 0.717) is 12.1 Å². The lowest BCUT2D eigenvalue weighted by atomic mass is 9.93. The van der Waals surface area contributed by atoms with Crippen molar-refractivity contribution in [3.8, 4) is 0 Å². The Labute approximate surface area is 114 Å². The fourth-order valence-electron chi connectivity index (χ4n) is 2.79. The summed E-state index contributed by atoms with van der Waals surface area (Å²) in [5, 5.41) is 9.21. The summed E-state index contributed by atoms with van der Waals surface area (Å²) in [5.41, 5.74) is 1.52. The first-order valence-electron chi connectivity index (χ1n) is 7.07. The van der Waals surface area contributed by atoms with Crippen molar-refractivity contribution in [1.29, 1.82) is 0 Å². The van der Waals surface area contributed by atoms with Crippen LogP contribution >= 0.6 is 0 Å². The van der Waals surface area contributed by atoms with E-state index in [1.807, 2.05) is 17.9 Å². The molecule has 0 aliphatic heterocycles. The van der Waals surface area contributed by atoms with Gasteiger partial charge in [0.25, 0.3) is 5.91 Å². The van der Waals surface area contributed by atoms with Gasteiger partial charge in [0.2, 0.25) is 0 Å². The molecule has 4 nitrogen and oxygen atoms in total. The summed E-state index contributed by atoms with van der Waals surface area (Å²) in [5.74, 6) is 0.0199. The van der Waals surface area contributed by atoms with E-state index >= 15 is 0 Å². The first-order chi connectivity index (χ1) is 9.22. The summed E-state index contributed by atoms with van der Waals surface area (Å²) < 4.78 is 0. The van der Waals surface area contributed by atoms with Crippen molar-refractivity contribution >= 4 is 5.91 Å². The average Bonchev–Trinajstić information content (AvgIpc) is 2.45. The van der Waals surface area contributed by atoms with E-state index < -0.39 is 0 Å². The summed E-state index contributed by atoms with van der Waals surface area (Å²) in [6.45, 7) is 2.32. The number of pyridine rings is 1. The lowest BCUT2D eigenvalue weighted by Gasteiger charge is -2.34. The summed E-state index contributed by atoms with van der Waals surface area (Å²) in [4.78, 5) is 18.5. The second-order valence-electron chi connectivity index (χ2n) is 5.20. The lowest BCUT2D eigenvalue weighted by Crippen LogP contribution is -2.43. The first-order valence-corrected chi connectivity index (χ1v) is 7.07. The highest BCUT2D eigenvalue weighted by atomic mass is 16.3. The van der Waals surface area contributed by atoms with Crippen LogP contribution in [0.25, 0.3) is 0 Å². The third-order valence-corrected chi connectivity index (χ3v) is 3.76. The molecule has 0 aromatic carbocycles. The average molecular weight is 262 g/mol. The zero-order valence-electron chi connectivity index (χ0n) is 11.5. The molecule has 1 N–H and O–H groups in total. The Kier molecular flexibility index (Phi) is 4.91. The largest absolute Gasteiger partial charge is 0.395 e. The molecule has 1 heterocycles. The summed E-state index contributed by atoms with van der Waals surface area (Å²) >= 11 is 0. The van der Waals surface area contributed by atoms with Crippen molar-refractivity contribution < 1.29 is 9.90 Å². The highest BCUT2D eigenvalue weighted by Gasteiger charge is 2.25. The molecule has 104 valence electrons. The number of carbonyl (C=O) groups is 1. The first kappa shape index (κ1) is 14.0. The molecule has 1 amide bonds. The van der Waals surface area contributed by atoms with Crippen molar-refractivity contribution in [2.75, 3.05) is 13.2 Å². The number of hydrogen-bond acceptors (Lipinski definition) is 3. The Morgan fingerprint density at radius 2 is 2.16 bits per heavy atom. The number of nitrogens with zero attached hydrogens (tertiary/aromatic N) is 2. The number of rotatable bonds is 4. The van der Waals surface area contributed by atoms with Crippen molar-refractivity contribution in [1.82, 2.24) is 9.88 Å². The third kappa shape index (κ3) is 3.53. The standard InChI is InChI=1S/C15H22N2O2/c1-12-11-13(7-8-16-12)15(19)17(9-10-18)14-5-3-2-4-6-14/h7-8,11,14,18H,2-6,9-10H2,1H3. The third-order valence-electron chi connectivity index (χ3n) is 3.76. The Morgan fingerprint density at radius 3 is 2.79 bits per heavy atom. The molecule has 0 bridgehead atoms. The normalized spacial score (nSPS) is 16.3. The number of aromatic nitrogens is 1. The van der Waals surface area contributed by atoms with Crippen LogP contribution < -0.4 is 0 Å². The zero-order valence-corrected chi connectivity index (χ0v) is 11.5. The van der Waals surface area contributed by atoms with E-state index in [0.717, 1.165) is 18.5 Å². The molecule has 4 heteroatoms. The summed E-state index contributed by atoms with van der Waals surface area (Å²) in [6, 6.07) is 3.85. The Hall–Kier alpha value is -1.42. The van der Waals surface area contributed by atoms with Gasteiger partial charge < -0.3 is 10.0 Å². The van der Waals surface area contributed by atoms with Crippen LogP contribution in [0, 0.1) is 6.92 Å². The van der Waals surface area contributed by atoms with Crippen LogP contribution in [0.2, 0.25) is 0 Å². The Morgan fingerprint density at radius 1 is 1.42 bits per heavy atom. The van der Waals surface area contributed by atoms with Crippen molar-refractivity contribution in [2.24, 2.45) is 0 Å². The van der Waals surface area contributed by atoms with Gasteiger partial charge in [-0.05, 0) is 31.9 Å². The topological polar surface area (TPSA) is 53.4 Å². The number of carbonyl (C=O) groups excluding carboxylic acids is 1. The van der Waals surface area contributed by atoms with E-state index in [4.69, 9.17) is 0 Å². The maximum Gasteiger partial charge on any atom is 0.254 e. The summed E-state index contributed by atoms with van der Waals surface area (Å²) in [7, 11) is 0. The van der Waals surface area contributed by atoms with Crippen LogP contribution in [-0.2, 0) is 0 Å². The molecule has 0 spiro atoms. The van der Waals surface area contributed by atoms with E-state index in [9.17, 15) is 9.90 Å². The predicted octanol–water partition coefficient (Wildman–Crippen LogP) is 2.16. The number of hydrogen-bond donors (Lipinski definition) is 1. The smallest absolute Gasteiger partial charge is 0.254 e. The lowest BCUT2D eigenvalue weighted by molar-refractivity contribution is 0.0585. The molecular formula is C15H22N2O2. The van der Waals surface area contributed by atoms with Crippen molar-refractivity contribution in [3.05, 3.63) is 29.6 Å². The van der Waals surface area contributed by atoms with Crippen LogP contribution in [-0.4, -0.2) is 40.1 Å². The van der Waals surface area contributed by atoms with Crippen LogP contribution in [0.1, 0.15) is 48.2 Å². The van der Waals surface area contributed by atoms with Crippen LogP contribution in [0.3, 0.4) is 0 Å². The van der Waals surface area contributed by atoms with Crippen LogP contribution in [0.5, 0.6) is 0 Å². The quantitative estimate of drug-likeness (QED) is 0.904. The number of aryl methyl sites for hydroxylation is 1. The van der Waals surface area contributed by atoms with Gasteiger partial charge >= 0.3 is 0 Å². The highest BCUT2D eigenvalue weighted by Crippen LogP contribution is 2.23. The van der Waals surface area contributed by atoms with Gasteiger partial charge in [-0.1, -0.05) is 19.3 Å². The molecule has 0 unspecified atom stereocenters. The van der Waals surface area contributed by atoms with Crippen molar-refractivity contribution in [2.45, 2.75) is 45.1 Å². The summed E-state index contributed by atoms with van der Waals surface area (Å²) in [6.07, 6.45) is 7.38. The molecule has 0 atom stereocenters. The second kappa shape index (κ2) is 6.66. The van der Waals surface area contributed by atoms with E-state index in [-0.39, 0.29) is 18.6 Å². The number of amides is 1. The maximum atomic E-state index is 12.6. The van der Waals surface area contributed by atoms with Gasteiger partial charge in [-0.15, -0.1) is 0 Å². The molecule has 1 fully saturated rings. The SMILES string of the molecule is Cc1cc(C(=O)N(CCO)C2CCCCC2)ccn1. The van der Waals surface area contributed by atoms with Gasteiger partial charge in [-0.25, -0.2) is 0 Å². The van der Waals surface area contributed by atoms with Crippen molar-refractivity contribution in [3.63, 3.8) is 0 Å². The number of aliphatic hydroxyl groups is 1. The monoisotopic (exact) mass is 262 g/mol. The molecular weight excluding hydrogens is 240 g/mol. The second-order valence-corrected chi connectivity index (χ2v) is 5.20. The Balaban J connectivity index is 2.15. The molecule has 0 radical (unpaired) electrons. The molecule has 19 heavy (non-hydrogen) atoms. The number of aliphatic hydroxyl groups excluding tert-OH is 1. The van der Waals surface area contributed by atoms with E-state index in [2.05, 4.69) is 4.98 Å². The minimum absolute atomic E-state index is 0.0199. The molecule has 1 aliphatic rings. The molecule has 2 rings (SSSR count). The van der Waals surface area contributed by atoms with Gasteiger partial charge in [-0.3, -0.25) is 9.78 Å². The minimum atomic E-state index is 0.0199. The Bertz CT molecular complexity index is 428. The molecule has 1 aromatic rings. The van der Waals surface area contributed by atoms with Gasteiger partial charge in [0.05, 0.1) is 6.61 Å². The molecule has 0 saturated heterocycles. The predicted molar refractivity (Wildman–Crippen MR) is 74.0 cm³/mol. The minimum Gasteiger partial charge on any atom is -0.395 e. The zero-order chi connectivity index (χ0) is 13.7. The molecule has 1 aliphatic carbocycles. The van der Waals surface area contributed by atoms with E-state index in [1.165, 1.54) is 19.3 Å².